The summed E-state index contributed by atoms with van der Waals surface area (Å²) in [7, 11) is 0. The minimum absolute atomic E-state index is 0.407. The van der Waals surface area contributed by atoms with Crippen LogP contribution in [-0.2, 0) is 11.2 Å². The predicted octanol–water partition coefficient (Wildman–Crippen LogP) is 3.52. The zero-order chi connectivity index (χ0) is 13.4. The van der Waals surface area contributed by atoms with Gasteiger partial charge in [0, 0.05) is 16.3 Å². The lowest BCUT2D eigenvalue weighted by Crippen LogP contribution is -2.07. The van der Waals surface area contributed by atoms with Crippen LogP contribution in [0.3, 0.4) is 0 Å². The van der Waals surface area contributed by atoms with Gasteiger partial charge in [-0.25, -0.2) is 0 Å². The molecule has 1 N–H and O–H groups in total. The number of fused-ring (bicyclic) bond motifs is 1. The van der Waals surface area contributed by atoms with E-state index in [9.17, 15) is 4.79 Å². The predicted molar refractivity (Wildman–Crippen MR) is 73.4 cm³/mol. The maximum absolute atomic E-state index is 11.1. The number of aromatic nitrogens is 1. The number of carboxylic acid groups (broad SMARTS) is 1. The molecule has 1 aromatic carbocycles. The molecule has 3 nitrogen and oxygen atoms in total. The molecular formula is C15H12ClNO2. The van der Waals surface area contributed by atoms with E-state index in [2.05, 4.69) is 4.98 Å². The Hall–Kier alpha value is -1.87. The fourth-order valence-corrected chi connectivity index (χ4v) is 2.72. The molecule has 0 saturated heterocycles. The Kier molecular flexibility index (Phi) is 2.99. The number of nitrogens with zero attached hydrogens (tertiary/aromatic N) is 1. The molecule has 0 radical (unpaired) electrons. The number of hydrogen-bond acceptors (Lipinski definition) is 2. The first kappa shape index (κ1) is 12.2. The van der Waals surface area contributed by atoms with E-state index < -0.39 is 11.9 Å². The Labute approximate surface area is 115 Å². The van der Waals surface area contributed by atoms with Gasteiger partial charge in [-0.2, -0.15) is 0 Å². The fraction of sp³-hybridized carbons (Fsp3) is 0.200. The van der Waals surface area contributed by atoms with Gasteiger partial charge in [0.15, 0.2) is 0 Å². The number of rotatable bonds is 2. The Morgan fingerprint density at radius 1 is 1.32 bits per heavy atom. The highest BCUT2D eigenvalue weighted by Crippen LogP contribution is 2.34. The molecule has 0 bridgehead atoms. The summed E-state index contributed by atoms with van der Waals surface area (Å²) in [4.78, 5) is 15.7. The highest BCUT2D eigenvalue weighted by molar-refractivity contribution is 6.30. The van der Waals surface area contributed by atoms with Crippen molar-refractivity contribution in [2.24, 2.45) is 0 Å². The van der Waals surface area contributed by atoms with E-state index in [0.29, 0.717) is 11.4 Å². The van der Waals surface area contributed by atoms with E-state index in [-0.39, 0.29) is 0 Å². The third kappa shape index (κ3) is 2.22. The largest absolute Gasteiger partial charge is 0.481 e. The average molecular weight is 274 g/mol. The minimum atomic E-state index is -0.768. The Morgan fingerprint density at radius 2 is 2.16 bits per heavy atom. The van der Waals surface area contributed by atoms with Gasteiger partial charge < -0.3 is 5.11 Å². The standard InChI is InChI=1S/C15H12ClNO2/c16-10-3-1-2-9(8-10)13-6-4-11-12(15(18)19)5-7-14(11)17-13/h1-4,6,8,12H,5,7H2,(H,18,19). The molecular weight excluding hydrogens is 262 g/mol. The van der Waals surface area contributed by atoms with E-state index in [1.54, 1.807) is 0 Å². The topological polar surface area (TPSA) is 50.2 Å². The summed E-state index contributed by atoms with van der Waals surface area (Å²) in [5.74, 6) is -1.17. The number of halogens is 1. The monoisotopic (exact) mass is 273 g/mol. The lowest BCUT2D eigenvalue weighted by Gasteiger charge is -2.07. The van der Waals surface area contributed by atoms with E-state index in [4.69, 9.17) is 16.7 Å². The van der Waals surface area contributed by atoms with E-state index >= 15 is 0 Å². The second-order valence-corrected chi connectivity index (χ2v) is 5.11. The minimum Gasteiger partial charge on any atom is -0.481 e. The number of carboxylic acids is 1. The summed E-state index contributed by atoms with van der Waals surface area (Å²) < 4.78 is 0. The first-order valence-electron chi connectivity index (χ1n) is 6.14. The van der Waals surface area contributed by atoms with Crippen LogP contribution in [0.1, 0.15) is 23.6 Å². The number of aliphatic carboxylic acids is 1. The van der Waals surface area contributed by atoms with Crippen molar-refractivity contribution in [1.82, 2.24) is 4.98 Å². The molecule has 1 aromatic heterocycles. The molecule has 0 amide bonds. The van der Waals surface area contributed by atoms with Gasteiger partial charge in [0.25, 0.3) is 0 Å². The van der Waals surface area contributed by atoms with Gasteiger partial charge in [-0.05, 0) is 36.6 Å². The van der Waals surface area contributed by atoms with Gasteiger partial charge in [-0.1, -0.05) is 29.8 Å². The van der Waals surface area contributed by atoms with Crippen LogP contribution in [0.15, 0.2) is 36.4 Å². The smallest absolute Gasteiger partial charge is 0.311 e. The second-order valence-electron chi connectivity index (χ2n) is 4.67. The Morgan fingerprint density at radius 3 is 2.89 bits per heavy atom. The SMILES string of the molecule is O=C(O)C1CCc2nc(-c3cccc(Cl)c3)ccc21. The summed E-state index contributed by atoms with van der Waals surface area (Å²) in [6.45, 7) is 0. The van der Waals surface area contributed by atoms with Crippen molar-refractivity contribution in [3.05, 3.63) is 52.7 Å². The molecule has 0 spiro atoms. The van der Waals surface area contributed by atoms with Gasteiger partial charge in [-0.3, -0.25) is 9.78 Å². The quantitative estimate of drug-likeness (QED) is 0.911. The second kappa shape index (κ2) is 4.67. The number of benzene rings is 1. The normalized spacial score (nSPS) is 17.2. The Bertz CT molecular complexity index is 654. The third-order valence-electron chi connectivity index (χ3n) is 3.47. The van der Waals surface area contributed by atoms with Crippen molar-refractivity contribution in [3.8, 4) is 11.3 Å². The maximum Gasteiger partial charge on any atom is 0.311 e. The molecule has 1 atom stereocenters. The van der Waals surface area contributed by atoms with Crippen LogP contribution in [-0.4, -0.2) is 16.1 Å². The average Bonchev–Trinajstić information content (AvgIpc) is 2.81. The van der Waals surface area contributed by atoms with Crippen LogP contribution in [0.25, 0.3) is 11.3 Å². The molecule has 1 heterocycles. The highest BCUT2D eigenvalue weighted by atomic mass is 35.5. The zero-order valence-electron chi connectivity index (χ0n) is 10.1. The third-order valence-corrected chi connectivity index (χ3v) is 3.71. The molecule has 4 heteroatoms. The molecule has 0 fully saturated rings. The van der Waals surface area contributed by atoms with Crippen molar-refractivity contribution >= 4 is 17.6 Å². The van der Waals surface area contributed by atoms with E-state index in [1.165, 1.54) is 0 Å². The molecule has 3 rings (SSSR count). The maximum atomic E-state index is 11.1. The van der Waals surface area contributed by atoms with E-state index in [0.717, 1.165) is 28.9 Å². The lowest BCUT2D eigenvalue weighted by atomic mass is 10.0. The van der Waals surface area contributed by atoms with Crippen molar-refractivity contribution < 1.29 is 9.90 Å². The number of carbonyl (C=O) groups is 1. The first-order valence-corrected chi connectivity index (χ1v) is 6.51. The molecule has 1 aliphatic rings. The summed E-state index contributed by atoms with van der Waals surface area (Å²) in [5, 5.41) is 9.81. The summed E-state index contributed by atoms with van der Waals surface area (Å²) in [6, 6.07) is 11.3. The lowest BCUT2D eigenvalue weighted by molar-refractivity contribution is -0.138. The molecule has 0 saturated carbocycles. The van der Waals surface area contributed by atoms with Crippen molar-refractivity contribution in [3.63, 3.8) is 0 Å². The van der Waals surface area contributed by atoms with Crippen molar-refractivity contribution in [2.45, 2.75) is 18.8 Å². The van der Waals surface area contributed by atoms with Crippen LogP contribution in [0.4, 0.5) is 0 Å². The molecule has 0 aliphatic heterocycles. The van der Waals surface area contributed by atoms with Crippen molar-refractivity contribution in [2.75, 3.05) is 0 Å². The Balaban J connectivity index is 2.02. The van der Waals surface area contributed by atoms with Gasteiger partial charge in [0.05, 0.1) is 11.6 Å². The summed E-state index contributed by atoms with van der Waals surface area (Å²) >= 11 is 5.97. The summed E-state index contributed by atoms with van der Waals surface area (Å²) in [6.07, 6.45) is 1.36. The van der Waals surface area contributed by atoms with Gasteiger partial charge >= 0.3 is 5.97 Å². The van der Waals surface area contributed by atoms with Gasteiger partial charge in [0.2, 0.25) is 0 Å². The first-order chi connectivity index (χ1) is 9.15. The number of pyridine rings is 1. The fourth-order valence-electron chi connectivity index (χ4n) is 2.53. The van der Waals surface area contributed by atoms with Crippen LogP contribution in [0, 0.1) is 0 Å². The van der Waals surface area contributed by atoms with Crippen LogP contribution < -0.4 is 0 Å². The van der Waals surface area contributed by atoms with Crippen LogP contribution >= 0.6 is 11.6 Å². The van der Waals surface area contributed by atoms with Crippen molar-refractivity contribution in [1.29, 1.82) is 0 Å². The zero-order valence-corrected chi connectivity index (χ0v) is 10.9. The molecule has 19 heavy (non-hydrogen) atoms. The number of aryl methyl sites for hydroxylation is 1. The molecule has 1 aliphatic carbocycles. The summed E-state index contributed by atoms with van der Waals surface area (Å²) in [5.41, 5.74) is 3.53. The van der Waals surface area contributed by atoms with Crippen LogP contribution in [0.2, 0.25) is 5.02 Å². The van der Waals surface area contributed by atoms with Gasteiger partial charge in [0.1, 0.15) is 0 Å². The molecule has 96 valence electrons. The number of hydrogen-bond donors (Lipinski definition) is 1. The molecule has 2 aromatic rings. The molecule has 1 unspecified atom stereocenters. The van der Waals surface area contributed by atoms with Gasteiger partial charge in [-0.15, -0.1) is 0 Å². The van der Waals surface area contributed by atoms with E-state index in [1.807, 2.05) is 36.4 Å². The highest BCUT2D eigenvalue weighted by Gasteiger charge is 2.29. The van der Waals surface area contributed by atoms with Crippen LogP contribution in [0.5, 0.6) is 0 Å².